The maximum absolute atomic E-state index is 12.7. The number of rotatable bonds is 5. The Bertz CT molecular complexity index is 1260. The second-order valence-corrected chi connectivity index (χ2v) is 11.3. The minimum Gasteiger partial charge on any atom is -0.437 e. The highest BCUT2D eigenvalue weighted by Gasteiger charge is 2.46. The number of ether oxygens (including phenoxy) is 1. The van der Waals surface area contributed by atoms with Gasteiger partial charge in [0.15, 0.2) is 0 Å². The molecule has 1 saturated heterocycles. The molecule has 5 rings (SSSR count). The molecule has 34 heavy (non-hydrogen) atoms. The molecule has 0 N–H and O–H groups in total. The summed E-state index contributed by atoms with van der Waals surface area (Å²) in [5.74, 6) is -0.447. The molecule has 0 radical (unpaired) electrons. The van der Waals surface area contributed by atoms with Gasteiger partial charge in [-0.1, -0.05) is 23.7 Å². The zero-order chi connectivity index (χ0) is 24.1. The van der Waals surface area contributed by atoms with Crippen LogP contribution >= 0.6 is 11.6 Å². The summed E-state index contributed by atoms with van der Waals surface area (Å²) in [4.78, 5) is 28.9. The molecule has 10 heteroatoms. The summed E-state index contributed by atoms with van der Waals surface area (Å²) in [5.41, 5.74) is 1.34. The lowest BCUT2D eigenvalue weighted by molar-refractivity contribution is -0.0415. The number of hydrogen-bond donors (Lipinski definition) is 0. The Kier molecular flexibility index (Phi) is 5.82. The van der Waals surface area contributed by atoms with Crippen molar-refractivity contribution in [2.45, 2.75) is 36.2 Å². The molecule has 0 saturated carbocycles. The molecule has 2 aromatic carbocycles. The lowest BCUT2D eigenvalue weighted by Gasteiger charge is -2.46. The summed E-state index contributed by atoms with van der Waals surface area (Å²) < 4.78 is 32.2. The first kappa shape index (κ1) is 23.1. The molecule has 0 bridgehead atoms. The van der Waals surface area contributed by atoms with E-state index in [1.54, 1.807) is 31.3 Å². The average Bonchev–Trinajstić information content (AvgIpc) is 3.02. The van der Waals surface area contributed by atoms with Crippen LogP contribution < -0.4 is 4.90 Å². The van der Waals surface area contributed by atoms with E-state index in [2.05, 4.69) is 4.90 Å². The zero-order valence-electron chi connectivity index (χ0n) is 18.9. The van der Waals surface area contributed by atoms with Crippen molar-refractivity contribution in [2.75, 3.05) is 38.1 Å². The summed E-state index contributed by atoms with van der Waals surface area (Å²) in [6.45, 7) is 2.44. The fraction of sp³-hybridized carbons (Fsp3) is 0.417. The van der Waals surface area contributed by atoms with Gasteiger partial charge in [-0.2, -0.15) is 0 Å². The maximum Gasteiger partial charge on any atom is 0.414 e. The smallest absolute Gasteiger partial charge is 0.414 e. The summed E-state index contributed by atoms with van der Waals surface area (Å²) >= 11 is 6.25. The van der Waals surface area contributed by atoms with Crippen LogP contribution in [0.4, 0.5) is 10.5 Å². The molecular formula is C24H26ClN3O5S. The third-order valence-corrected chi connectivity index (χ3v) is 9.10. The van der Waals surface area contributed by atoms with Gasteiger partial charge in [0.1, 0.15) is 10.5 Å². The minimum absolute atomic E-state index is 0.0920. The van der Waals surface area contributed by atoms with Crippen molar-refractivity contribution >= 4 is 39.3 Å². The van der Waals surface area contributed by atoms with Crippen LogP contribution in [0.5, 0.6) is 0 Å². The minimum atomic E-state index is -3.75. The molecule has 2 amide bonds. The lowest BCUT2D eigenvalue weighted by atomic mass is 9.82. The van der Waals surface area contributed by atoms with Crippen LogP contribution in [0.25, 0.3) is 0 Å². The van der Waals surface area contributed by atoms with Crippen LogP contribution in [0.1, 0.15) is 41.6 Å². The van der Waals surface area contributed by atoms with Gasteiger partial charge in [-0.05, 0) is 49.7 Å². The van der Waals surface area contributed by atoms with Gasteiger partial charge in [0.2, 0.25) is 0 Å². The third kappa shape index (κ3) is 3.76. The second-order valence-electron chi connectivity index (χ2n) is 9.01. The van der Waals surface area contributed by atoms with E-state index in [9.17, 15) is 18.0 Å². The van der Waals surface area contributed by atoms with Crippen molar-refractivity contribution in [3.8, 4) is 0 Å². The number of nitrogens with zero attached hydrogens (tertiary/aromatic N) is 3. The number of unbranched alkanes of at least 4 members (excludes halogenated alkanes) is 1. The molecule has 0 aliphatic carbocycles. The molecule has 0 aromatic heterocycles. The SMILES string of the molecule is CN1C(=O)OC2(CCN(CCCCN3C(=O)c4ccccc4S3(=O)=O)CC2)c2cc(Cl)ccc21. The second kappa shape index (κ2) is 8.55. The van der Waals surface area contributed by atoms with E-state index in [-0.39, 0.29) is 23.1 Å². The summed E-state index contributed by atoms with van der Waals surface area (Å²) in [7, 11) is -2.06. The van der Waals surface area contributed by atoms with Gasteiger partial charge in [0.25, 0.3) is 15.9 Å². The van der Waals surface area contributed by atoms with Gasteiger partial charge in [0, 0.05) is 50.1 Å². The Labute approximate surface area is 204 Å². The Balaban J connectivity index is 1.17. The Morgan fingerprint density at radius 2 is 1.74 bits per heavy atom. The molecule has 3 heterocycles. The summed E-state index contributed by atoms with van der Waals surface area (Å²) in [6.07, 6.45) is 2.30. The number of fused-ring (bicyclic) bond motifs is 3. The fourth-order valence-corrected chi connectivity index (χ4v) is 6.89. The van der Waals surface area contributed by atoms with Crippen molar-refractivity contribution in [3.63, 3.8) is 0 Å². The van der Waals surface area contributed by atoms with Crippen LogP contribution in [-0.4, -0.2) is 62.9 Å². The first-order valence-corrected chi connectivity index (χ1v) is 13.2. The lowest BCUT2D eigenvalue weighted by Crippen LogP contribution is -2.50. The normalized spacial score (nSPS) is 20.9. The predicted molar refractivity (Wildman–Crippen MR) is 128 cm³/mol. The molecule has 0 atom stereocenters. The topological polar surface area (TPSA) is 87.2 Å². The van der Waals surface area contributed by atoms with E-state index in [1.165, 1.54) is 11.0 Å². The van der Waals surface area contributed by atoms with Gasteiger partial charge in [-0.15, -0.1) is 0 Å². The van der Waals surface area contributed by atoms with Crippen molar-refractivity contribution in [2.24, 2.45) is 0 Å². The van der Waals surface area contributed by atoms with E-state index < -0.39 is 21.5 Å². The first-order valence-electron chi connectivity index (χ1n) is 11.4. The number of sulfonamides is 1. The van der Waals surface area contributed by atoms with Gasteiger partial charge < -0.3 is 9.64 Å². The number of piperidine rings is 1. The van der Waals surface area contributed by atoms with Crippen molar-refractivity contribution in [1.29, 1.82) is 0 Å². The molecule has 2 aromatic rings. The van der Waals surface area contributed by atoms with Crippen LogP contribution in [0.3, 0.4) is 0 Å². The van der Waals surface area contributed by atoms with E-state index in [0.717, 1.165) is 41.6 Å². The van der Waals surface area contributed by atoms with E-state index in [1.807, 2.05) is 12.1 Å². The van der Waals surface area contributed by atoms with Crippen LogP contribution in [-0.2, 0) is 20.4 Å². The van der Waals surface area contributed by atoms with Crippen LogP contribution in [0.2, 0.25) is 5.02 Å². The fourth-order valence-electron chi connectivity index (χ4n) is 5.11. The Morgan fingerprint density at radius 3 is 2.47 bits per heavy atom. The predicted octanol–water partition coefficient (Wildman–Crippen LogP) is 3.84. The van der Waals surface area contributed by atoms with Gasteiger partial charge in [0.05, 0.1) is 11.3 Å². The van der Waals surface area contributed by atoms with Crippen LogP contribution in [0, 0.1) is 0 Å². The highest BCUT2D eigenvalue weighted by atomic mass is 35.5. The highest BCUT2D eigenvalue weighted by molar-refractivity contribution is 7.90. The first-order chi connectivity index (χ1) is 16.2. The van der Waals surface area contributed by atoms with Gasteiger partial charge in [-0.3, -0.25) is 9.69 Å². The number of carbonyl (C=O) groups is 2. The molecule has 0 unspecified atom stereocenters. The summed E-state index contributed by atoms with van der Waals surface area (Å²) in [6, 6.07) is 11.9. The molecular weight excluding hydrogens is 478 g/mol. The third-order valence-electron chi connectivity index (χ3n) is 7.03. The number of carbonyl (C=O) groups excluding carboxylic acids is 2. The van der Waals surface area contributed by atoms with Crippen LogP contribution in [0.15, 0.2) is 47.4 Å². The number of benzene rings is 2. The number of halogens is 1. The molecule has 3 aliphatic heterocycles. The largest absolute Gasteiger partial charge is 0.437 e. The van der Waals surface area contributed by atoms with E-state index in [4.69, 9.17) is 16.3 Å². The average molecular weight is 504 g/mol. The number of anilines is 1. The molecule has 180 valence electrons. The highest BCUT2D eigenvalue weighted by Crippen LogP contribution is 2.46. The molecule has 8 nitrogen and oxygen atoms in total. The number of amides is 2. The monoisotopic (exact) mass is 503 g/mol. The van der Waals surface area contributed by atoms with Crippen molar-refractivity contribution in [1.82, 2.24) is 9.21 Å². The standard InChI is InChI=1S/C24H26ClN3O5S/c1-26-20-9-8-17(25)16-19(20)24(33-23(26)30)10-14-27(15-11-24)12-4-5-13-28-22(29)18-6-2-3-7-21(18)34(28,31)32/h2-3,6-9,16H,4-5,10-15H2,1H3. The Morgan fingerprint density at radius 1 is 1.03 bits per heavy atom. The van der Waals surface area contributed by atoms with Crippen molar-refractivity contribution in [3.05, 3.63) is 58.6 Å². The quantitative estimate of drug-likeness (QED) is 0.576. The molecule has 1 spiro atoms. The summed E-state index contributed by atoms with van der Waals surface area (Å²) in [5, 5.41) is 0.612. The molecule has 1 fully saturated rings. The van der Waals surface area contributed by atoms with Crippen molar-refractivity contribution < 1.29 is 22.7 Å². The zero-order valence-corrected chi connectivity index (χ0v) is 20.4. The van der Waals surface area contributed by atoms with Gasteiger partial charge >= 0.3 is 6.09 Å². The Hall–Kier alpha value is -2.62. The van der Waals surface area contributed by atoms with Gasteiger partial charge in [-0.25, -0.2) is 17.5 Å². The number of hydrogen-bond acceptors (Lipinski definition) is 6. The van der Waals surface area contributed by atoms with E-state index >= 15 is 0 Å². The maximum atomic E-state index is 12.7. The molecule has 3 aliphatic rings. The number of likely N-dealkylation sites (tertiary alicyclic amines) is 1. The van der Waals surface area contributed by atoms with E-state index in [0.29, 0.717) is 24.3 Å².